The van der Waals surface area contributed by atoms with Crippen molar-refractivity contribution in [1.29, 1.82) is 0 Å². The molecule has 0 spiro atoms. The largest absolute Gasteiger partial charge is 0.455 e. The van der Waals surface area contributed by atoms with Crippen LogP contribution in [0.2, 0.25) is 0 Å². The summed E-state index contributed by atoms with van der Waals surface area (Å²) in [7, 11) is 0. The molecular formula is C60H39NO2. The Morgan fingerprint density at radius 1 is 0.270 bits per heavy atom. The summed E-state index contributed by atoms with van der Waals surface area (Å²) >= 11 is 0. The van der Waals surface area contributed by atoms with Gasteiger partial charge in [0.05, 0.1) is 11.1 Å². The molecule has 0 atom stereocenters. The van der Waals surface area contributed by atoms with Crippen molar-refractivity contribution < 1.29 is 8.83 Å². The van der Waals surface area contributed by atoms with E-state index in [2.05, 4.69) is 223 Å². The van der Waals surface area contributed by atoms with Gasteiger partial charge in [0.25, 0.3) is 0 Å². The Morgan fingerprint density at radius 3 is 1.41 bits per heavy atom. The summed E-state index contributed by atoms with van der Waals surface area (Å²) in [4.78, 5) is 2.38. The van der Waals surface area contributed by atoms with E-state index in [4.69, 9.17) is 8.83 Å². The van der Waals surface area contributed by atoms with Crippen LogP contribution in [0.5, 0.6) is 0 Å². The summed E-state index contributed by atoms with van der Waals surface area (Å²) in [6, 6.07) is 83.9. The first-order valence-corrected chi connectivity index (χ1v) is 21.4. The average molecular weight is 806 g/mol. The van der Waals surface area contributed by atoms with E-state index in [-0.39, 0.29) is 0 Å². The van der Waals surface area contributed by atoms with Gasteiger partial charge < -0.3 is 13.7 Å². The third-order valence-electron chi connectivity index (χ3n) is 12.3. The molecule has 0 aliphatic rings. The van der Waals surface area contributed by atoms with Crippen LogP contribution in [0.15, 0.2) is 245 Å². The predicted octanol–water partition coefficient (Wildman–Crippen LogP) is 17.3. The van der Waals surface area contributed by atoms with Crippen molar-refractivity contribution in [1.82, 2.24) is 0 Å². The fourth-order valence-corrected chi connectivity index (χ4v) is 9.29. The van der Waals surface area contributed by atoms with E-state index in [9.17, 15) is 0 Å². The molecule has 0 radical (unpaired) electrons. The third-order valence-corrected chi connectivity index (χ3v) is 12.3. The number of rotatable bonds is 8. The van der Waals surface area contributed by atoms with Crippen molar-refractivity contribution in [2.75, 3.05) is 4.90 Å². The van der Waals surface area contributed by atoms with E-state index in [1.165, 1.54) is 22.3 Å². The second-order valence-corrected chi connectivity index (χ2v) is 16.0. The van der Waals surface area contributed by atoms with Gasteiger partial charge in [-0.2, -0.15) is 0 Å². The topological polar surface area (TPSA) is 29.5 Å². The summed E-state index contributed by atoms with van der Waals surface area (Å²) in [5.74, 6) is 0. The number of nitrogens with zero attached hydrogens (tertiary/aromatic N) is 1. The molecule has 63 heavy (non-hydrogen) atoms. The number of anilines is 3. The molecule has 2 aromatic heterocycles. The summed E-state index contributed by atoms with van der Waals surface area (Å²) < 4.78 is 13.6. The van der Waals surface area contributed by atoms with Crippen LogP contribution in [-0.2, 0) is 0 Å². The molecule has 0 fully saturated rings. The van der Waals surface area contributed by atoms with E-state index in [1.54, 1.807) is 0 Å². The highest BCUT2D eigenvalue weighted by atomic mass is 16.3. The second kappa shape index (κ2) is 15.3. The maximum absolute atomic E-state index is 6.99. The molecule has 12 rings (SSSR count). The normalized spacial score (nSPS) is 11.5. The fraction of sp³-hybridized carbons (Fsp3) is 0. The second-order valence-electron chi connectivity index (χ2n) is 16.0. The van der Waals surface area contributed by atoms with Gasteiger partial charge in [-0.25, -0.2) is 0 Å². The molecule has 0 saturated heterocycles. The molecule has 12 aromatic rings. The lowest BCUT2D eigenvalue weighted by molar-refractivity contribution is 0.669. The van der Waals surface area contributed by atoms with E-state index >= 15 is 0 Å². The van der Waals surface area contributed by atoms with Crippen LogP contribution in [0.1, 0.15) is 0 Å². The number of hydrogen-bond donors (Lipinski definition) is 0. The average Bonchev–Trinajstić information content (AvgIpc) is 3.95. The Kier molecular flexibility index (Phi) is 8.83. The number of fused-ring (bicyclic) bond motifs is 6. The third kappa shape index (κ3) is 6.38. The smallest absolute Gasteiger partial charge is 0.145 e. The van der Waals surface area contributed by atoms with Gasteiger partial charge in [0.2, 0.25) is 0 Å². The summed E-state index contributed by atoms with van der Waals surface area (Å²) in [5, 5.41) is 4.32. The minimum atomic E-state index is 0.831. The number of para-hydroxylation sites is 3. The molecule has 0 saturated carbocycles. The van der Waals surface area contributed by atoms with Crippen molar-refractivity contribution in [2.45, 2.75) is 0 Å². The van der Waals surface area contributed by atoms with Crippen LogP contribution in [-0.4, -0.2) is 0 Å². The van der Waals surface area contributed by atoms with Gasteiger partial charge in [0.1, 0.15) is 22.3 Å². The van der Waals surface area contributed by atoms with Gasteiger partial charge in [-0.15, -0.1) is 0 Å². The van der Waals surface area contributed by atoms with Gasteiger partial charge in [-0.05, 0) is 93.0 Å². The van der Waals surface area contributed by atoms with Crippen molar-refractivity contribution >= 4 is 60.9 Å². The van der Waals surface area contributed by atoms with Gasteiger partial charge in [-0.1, -0.05) is 188 Å². The maximum atomic E-state index is 6.99. The minimum Gasteiger partial charge on any atom is -0.455 e. The first-order chi connectivity index (χ1) is 31.2. The molecule has 3 nitrogen and oxygen atoms in total. The van der Waals surface area contributed by atoms with Gasteiger partial charge in [0.15, 0.2) is 0 Å². The number of benzene rings is 10. The Bertz CT molecular complexity index is 3600. The zero-order valence-electron chi connectivity index (χ0n) is 34.3. The Hall–Kier alpha value is -8.40. The van der Waals surface area contributed by atoms with E-state index in [0.29, 0.717) is 0 Å². The van der Waals surface area contributed by atoms with Crippen molar-refractivity contribution in [3.8, 4) is 55.6 Å². The van der Waals surface area contributed by atoms with Crippen molar-refractivity contribution in [3.05, 3.63) is 237 Å². The predicted molar refractivity (Wildman–Crippen MR) is 263 cm³/mol. The molecule has 0 amide bonds. The van der Waals surface area contributed by atoms with Crippen LogP contribution in [0.3, 0.4) is 0 Å². The van der Waals surface area contributed by atoms with Crippen molar-refractivity contribution in [3.63, 3.8) is 0 Å². The van der Waals surface area contributed by atoms with Crippen LogP contribution in [0.25, 0.3) is 99.5 Å². The molecule has 2 heterocycles. The van der Waals surface area contributed by atoms with Crippen LogP contribution in [0, 0.1) is 0 Å². The monoisotopic (exact) mass is 805 g/mol. The molecule has 10 aromatic carbocycles. The van der Waals surface area contributed by atoms with Gasteiger partial charge >= 0.3 is 0 Å². The van der Waals surface area contributed by atoms with E-state index < -0.39 is 0 Å². The van der Waals surface area contributed by atoms with Crippen LogP contribution >= 0.6 is 0 Å². The Balaban J connectivity index is 1.04. The fourth-order valence-electron chi connectivity index (χ4n) is 9.29. The molecule has 296 valence electrons. The van der Waals surface area contributed by atoms with Crippen LogP contribution in [0.4, 0.5) is 17.1 Å². The molecule has 0 aliphatic carbocycles. The molecule has 0 bridgehead atoms. The lowest BCUT2D eigenvalue weighted by Gasteiger charge is -2.27. The van der Waals surface area contributed by atoms with Gasteiger partial charge in [0, 0.05) is 38.7 Å². The minimum absolute atomic E-state index is 0.831. The molecule has 3 heteroatoms. The maximum Gasteiger partial charge on any atom is 0.145 e. The quantitative estimate of drug-likeness (QED) is 0.153. The molecular weight excluding hydrogens is 767 g/mol. The summed E-state index contributed by atoms with van der Waals surface area (Å²) in [5.41, 5.74) is 17.8. The standard InChI is InChI=1S/C60H39NO2/c1-3-15-40(16-4-1)42-29-31-43(32-30-42)44-33-35-46(36-34-44)61(47-20-13-19-45(39-47)41-17-5-2-6-18-41)55-38-37-53(60-58(55)54-24-10-12-28-57(54)63-60)49-22-8-7-21-48(49)51-25-14-26-52-50-23-9-11-27-56(50)62-59(51)52/h1-39H. The van der Waals surface area contributed by atoms with Crippen molar-refractivity contribution in [2.24, 2.45) is 0 Å². The first-order valence-electron chi connectivity index (χ1n) is 21.4. The highest BCUT2D eigenvalue weighted by Gasteiger charge is 2.24. The summed E-state index contributed by atoms with van der Waals surface area (Å²) in [6.45, 7) is 0. The Labute approximate surface area is 365 Å². The summed E-state index contributed by atoms with van der Waals surface area (Å²) in [6.07, 6.45) is 0. The zero-order chi connectivity index (χ0) is 41.7. The number of furan rings is 2. The lowest BCUT2D eigenvalue weighted by atomic mass is 9.92. The van der Waals surface area contributed by atoms with Crippen LogP contribution < -0.4 is 4.90 Å². The SMILES string of the molecule is c1ccc(-c2ccc(-c3ccc(N(c4cccc(-c5ccccc5)c4)c4ccc(-c5ccccc5-c5cccc6c5oc5ccccc56)c5oc6ccccc6c45)cc3)cc2)cc1. The molecule has 0 unspecified atom stereocenters. The van der Waals surface area contributed by atoms with E-state index in [0.717, 1.165) is 94.3 Å². The molecule has 0 N–H and O–H groups in total. The van der Waals surface area contributed by atoms with E-state index in [1.807, 2.05) is 18.2 Å². The molecule has 0 aliphatic heterocycles. The number of hydrogen-bond acceptors (Lipinski definition) is 3. The first kappa shape index (κ1) is 36.5. The highest BCUT2D eigenvalue weighted by Crippen LogP contribution is 2.49. The Morgan fingerprint density at radius 2 is 0.730 bits per heavy atom. The zero-order valence-corrected chi connectivity index (χ0v) is 34.3. The van der Waals surface area contributed by atoms with Gasteiger partial charge in [-0.3, -0.25) is 0 Å². The lowest BCUT2D eigenvalue weighted by Crippen LogP contribution is -2.10. The highest BCUT2D eigenvalue weighted by molar-refractivity contribution is 6.18.